The minimum Gasteiger partial charge on any atom is -0.503 e. The average molecular weight is 476 g/mol. The third kappa shape index (κ3) is 4.08. The van der Waals surface area contributed by atoms with Crippen molar-refractivity contribution >= 4 is 39.9 Å². The smallest absolute Gasteiger partial charge is 0.296 e. The number of carbonyl (C=O) groups excluding carboxylic acids is 2. The third-order valence-electron chi connectivity index (χ3n) is 5.12. The zero-order chi connectivity index (χ0) is 22.8. The van der Waals surface area contributed by atoms with Gasteiger partial charge in [-0.15, -0.1) is 10.2 Å². The summed E-state index contributed by atoms with van der Waals surface area (Å²) in [4.78, 5) is 27.6. The molecule has 1 aliphatic heterocycles. The summed E-state index contributed by atoms with van der Waals surface area (Å²) in [6, 6.07) is 21.2. The van der Waals surface area contributed by atoms with Crippen molar-refractivity contribution in [2.45, 2.75) is 16.1 Å². The molecule has 1 aliphatic rings. The average Bonchev–Trinajstić information content (AvgIpc) is 3.60. The number of hydrogen-bond acceptors (Lipinski definition) is 8. The molecule has 2 aromatic carbocycles. The lowest BCUT2D eigenvalue weighted by atomic mass is 9.95. The van der Waals surface area contributed by atoms with Crippen molar-refractivity contribution < 1.29 is 19.1 Å². The number of anilines is 1. The maximum absolute atomic E-state index is 13.2. The molecule has 9 heteroatoms. The van der Waals surface area contributed by atoms with Crippen LogP contribution in [0, 0.1) is 0 Å². The van der Waals surface area contributed by atoms with E-state index in [1.54, 1.807) is 18.2 Å². The first kappa shape index (κ1) is 21.2. The van der Waals surface area contributed by atoms with E-state index in [0.717, 1.165) is 5.56 Å². The summed E-state index contributed by atoms with van der Waals surface area (Å²) in [5.74, 6) is -1.11. The maximum Gasteiger partial charge on any atom is 0.296 e. The van der Waals surface area contributed by atoms with Gasteiger partial charge < -0.3 is 9.52 Å². The van der Waals surface area contributed by atoms with Gasteiger partial charge in [0.25, 0.3) is 5.91 Å². The van der Waals surface area contributed by atoms with Crippen molar-refractivity contribution in [2.75, 3.05) is 4.90 Å². The second-order valence-corrected chi connectivity index (χ2v) is 9.36. The van der Waals surface area contributed by atoms with Gasteiger partial charge in [-0.05, 0) is 23.3 Å². The van der Waals surface area contributed by atoms with Crippen LogP contribution in [-0.2, 0) is 10.5 Å². The first-order valence-electron chi connectivity index (χ1n) is 10.0. The number of rotatable bonds is 7. The van der Waals surface area contributed by atoms with Gasteiger partial charge in [0.1, 0.15) is 0 Å². The molecule has 0 bridgehead atoms. The molecule has 0 saturated carbocycles. The van der Waals surface area contributed by atoms with Crippen LogP contribution < -0.4 is 4.90 Å². The summed E-state index contributed by atoms with van der Waals surface area (Å²) in [5, 5.41) is 19.5. The van der Waals surface area contributed by atoms with Crippen molar-refractivity contribution in [2.24, 2.45) is 0 Å². The minimum atomic E-state index is -0.851. The Labute approximate surface area is 197 Å². The van der Waals surface area contributed by atoms with Gasteiger partial charge in [0.05, 0.1) is 17.9 Å². The lowest BCUT2D eigenvalue weighted by Gasteiger charge is -2.23. The molecular formula is C24H17N3O4S2. The molecule has 1 amide bonds. The van der Waals surface area contributed by atoms with Crippen LogP contribution in [0.1, 0.15) is 27.7 Å². The third-order valence-corrected chi connectivity index (χ3v) is 7.25. The van der Waals surface area contributed by atoms with E-state index >= 15 is 0 Å². The van der Waals surface area contributed by atoms with Gasteiger partial charge in [0, 0.05) is 5.75 Å². The Morgan fingerprint density at radius 2 is 1.76 bits per heavy atom. The number of thioether (sulfide) groups is 1. The molecule has 1 atom stereocenters. The van der Waals surface area contributed by atoms with Crippen LogP contribution in [0.3, 0.4) is 0 Å². The highest BCUT2D eigenvalue weighted by Gasteiger charge is 2.46. The molecule has 0 unspecified atom stereocenters. The predicted octanol–water partition coefficient (Wildman–Crippen LogP) is 5.21. The van der Waals surface area contributed by atoms with E-state index in [0.29, 0.717) is 20.8 Å². The fourth-order valence-corrected chi connectivity index (χ4v) is 5.43. The number of furan rings is 1. The monoisotopic (exact) mass is 475 g/mol. The second-order valence-electron chi connectivity index (χ2n) is 7.18. The SMILES string of the molecule is O=C(C1=C(O)C(=O)N(c2nnc(SCc3ccccc3)s2)[C@H]1c1ccccc1)c1ccco1. The molecule has 0 radical (unpaired) electrons. The Morgan fingerprint density at radius 3 is 2.45 bits per heavy atom. The van der Waals surface area contributed by atoms with Crippen LogP contribution in [0.2, 0.25) is 0 Å². The summed E-state index contributed by atoms with van der Waals surface area (Å²) >= 11 is 2.74. The normalized spacial score (nSPS) is 15.9. The maximum atomic E-state index is 13.2. The van der Waals surface area contributed by atoms with E-state index in [-0.39, 0.29) is 11.3 Å². The lowest BCUT2D eigenvalue weighted by Crippen LogP contribution is -2.31. The molecule has 33 heavy (non-hydrogen) atoms. The molecule has 1 N–H and O–H groups in total. The standard InChI is InChI=1S/C24H17N3O4S2/c28-20(17-12-7-13-31-17)18-19(16-10-5-2-6-11-16)27(22(30)21(18)29)23-25-26-24(33-23)32-14-15-8-3-1-4-9-15/h1-13,19,29H,14H2/t19-/m0/s1. The van der Waals surface area contributed by atoms with Gasteiger partial charge in [0.15, 0.2) is 15.9 Å². The van der Waals surface area contributed by atoms with Gasteiger partial charge in [-0.1, -0.05) is 83.8 Å². The first-order valence-corrected chi connectivity index (χ1v) is 11.8. The number of carbonyl (C=O) groups is 2. The van der Waals surface area contributed by atoms with Crippen molar-refractivity contribution in [1.29, 1.82) is 0 Å². The summed E-state index contributed by atoms with van der Waals surface area (Å²) in [7, 11) is 0. The molecule has 7 nitrogen and oxygen atoms in total. The molecule has 4 aromatic rings. The van der Waals surface area contributed by atoms with E-state index < -0.39 is 23.5 Å². The van der Waals surface area contributed by atoms with Crippen LogP contribution in [0.15, 0.2) is 99.1 Å². The summed E-state index contributed by atoms with van der Waals surface area (Å²) in [6.07, 6.45) is 1.37. The highest BCUT2D eigenvalue weighted by molar-refractivity contribution is 8.00. The van der Waals surface area contributed by atoms with Crippen molar-refractivity contribution in [3.63, 3.8) is 0 Å². The van der Waals surface area contributed by atoms with Crippen LogP contribution in [0.5, 0.6) is 0 Å². The second kappa shape index (κ2) is 9.05. The molecule has 3 heterocycles. The Morgan fingerprint density at radius 1 is 1.03 bits per heavy atom. The predicted molar refractivity (Wildman–Crippen MR) is 125 cm³/mol. The first-order chi connectivity index (χ1) is 16.1. The van der Waals surface area contributed by atoms with E-state index in [2.05, 4.69) is 10.2 Å². The Kier molecular flexibility index (Phi) is 5.80. The fraction of sp³-hybridized carbons (Fsp3) is 0.0833. The van der Waals surface area contributed by atoms with Gasteiger partial charge in [-0.3, -0.25) is 14.5 Å². The molecule has 2 aromatic heterocycles. The number of hydrogen-bond donors (Lipinski definition) is 1. The molecule has 0 spiro atoms. The Hall–Kier alpha value is -3.69. The van der Waals surface area contributed by atoms with E-state index in [1.165, 1.54) is 40.3 Å². The van der Waals surface area contributed by atoms with Crippen LogP contribution in [0.4, 0.5) is 5.13 Å². The zero-order valence-electron chi connectivity index (χ0n) is 17.1. The van der Waals surface area contributed by atoms with Gasteiger partial charge in [0.2, 0.25) is 10.9 Å². The number of nitrogens with zero attached hydrogens (tertiary/aromatic N) is 3. The highest BCUT2D eigenvalue weighted by Crippen LogP contribution is 2.43. The number of aliphatic hydroxyl groups excluding tert-OH is 1. The van der Waals surface area contributed by atoms with E-state index in [1.807, 2.05) is 48.5 Å². The molecule has 0 aliphatic carbocycles. The van der Waals surface area contributed by atoms with Crippen molar-refractivity contribution in [3.8, 4) is 0 Å². The minimum absolute atomic E-state index is 0.0449. The topological polar surface area (TPSA) is 96.5 Å². The van der Waals surface area contributed by atoms with Gasteiger partial charge in [-0.25, -0.2) is 0 Å². The number of aromatic nitrogens is 2. The van der Waals surface area contributed by atoms with Crippen LogP contribution in [-0.4, -0.2) is 27.0 Å². The van der Waals surface area contributed by atoms with Crippen LogP contribution in [0.25, 0.3) is 0 Å². The number of aliphatic hydroxyl groups is 1. The number of Topliss-reactive ketones (excluding diaryl/α,β-unsaturated/α-hetero) is 1. The molecule has 0 saturated heterocycles. The Bertz CT molecular complexity index is 1320. The lowest BCUT2D eigenvalue weighted by molar-refractivity contribution is -0.117. The zero-order valence-corrected chi connectivity index (χ0v) is 18.8. The van der Waals surface area contributed by atoms with E-state index in [4.69, 9.17) is 4.42 Å². The summed E-state index contributed by atoms with van der Waals surface area (Å²) < 4.78 is 5.92. The molecular weight excluding hydrogens is 458 g/mol. The van der Waals surface area contributed by atoms with Gasteiger partial charge in [-0.2, -0.15) is 0 Å². The highest BCUT2D eigenvalue weighted by atomic mass is 32.2. The van der Waals surface area contributed by atoms with Crippen LogP contribution >= 0.6 is 23.1 Å². The fourth-order valence-electron chi connectivity index (χ4n) is 3.60. The van der Waals surface area contributed by atoms with Crippen molar-refractivity contribution in [1.82, 2.24) is 10.2 Å². The number of amides is 1. The van der Waals surface area contributed by atoms with Gasteiger partial charge >= 0.3 is 0 Å². The summed E-state index contributed by atoms with van der Waals surface area (Å²) in [6.45, 7) is 0. The molecule has 164 valence electrons. The van der Waals surface area contributed by atoms with Crippen molar-refractivity contribution in [3.05, 3.63) is 107 Å². The quantitative estimate of drug-likeness (QED) is 0.223. The van der Waals surface area contributed by atoms with E-state index in [9.17, 15) is 14.7 Å². The summed E-state index contributed by atoms with van der Waals surface area (Å²) in [5.41, 5.74) is 1.76. The Balaban J connectivity index is 1.49. The molecule has 5 rings (SSSR count). The molecule has 0 fully saturated rings. The number of ketones is 1. The largest absolute Gasteiger partial charge is 0.503 e. The number of benzene rings is 2.